The van der Waals surface area contributed by atoms with Crippen molar-refractivity contribution in [2.24, 2.45) is 7.05 Å². The molecule has 400 valence electrons. The second kappa shape index (κ2) is 24.8. The van der Waals surface area contributed by atoms with Crippen LogP contribution in [0.3, 0.4) is 0 Å². The summed E-state index contributed by atoms with van der Waals surface area (Å²) in [6.07, 6.45) is 6.38. The molecule has 2 N–H and O–H groups in total. The third kappa shape index (κ3) is 14.9. The summed E-state index contributed by atoms with van der Waals surface area (Å²) in [6.45, 7) is 10.4. The van der Waals surface area contributed by atoms with Crippen LogP contribution in [-0.2, 0) is 34.2 Å². The number of hydrogen-bond donors (Lipinski definition) is 2. The minimum Gasteiger partial charge on any atom is -0.497 e. The van der Waals surface area contributed by atoms with E-state index in [0.717, 1.165) is 64.6 Å². The molecule has 14 nitrogen and oxygen atoms in total. The van der Waals surface area contributed by atoms with Crippen LogP contribution in [0.15, 0.2) is 133 Å². The van der Waals surface area contributed by atoms with Gasteiger partial charge in [0.25, 0.3) is 5.91 Å². The second-order valence-electron chi connectivity index (χ2n) is 18.9. The summed E-state index contributed by atoms with van der Waals surface area (Å²) in [6, 6.07) is 31.7. The van der Waals surface area contributed by atoms with E-state index < -0.39 is 29.8 Å². The molecule has 0 saturated carbocycles. The van der Waals surface area contributed by atoms with Crippen molar-refractivity contribution in [3.05, 3.63) is 172 Å². The van der Waals surface area contributed by atoms with Gasteiger partial charge in [0.15, 0.2) is 12.7 Å². The van der Waals surface area contributed by atoms with Crippen LogP contribution in [-0.4, -0.2) is 82.1 Å². The van der Waals surface area contributed by atoms with E-state index in [1.165, 1.54) is 40.2 Å². The lowest BCUT2D eigenvalue weighted by Gasteiger charge is -2.17. The largest absolute Gasteiger partial charge is 0.497 e. The van der Waals surface area contributed by atoms with E-state index in [2.05, 4.69) is 11.5 Å². The lowest BCUT2D eigenvalue weighted by Crippen LogP contribution is -2.23. The number of benzene rings is 5. The van der Waals surface area contributed by atoms with Crippen molar-refractivity contribution in [1.82, 2.24) is 9.13 Å². The fourth-order valence-corrected chi connectivity index (χ4v) is 8.57. The fraction of sp³-hybridized carbons (Fsp3) is 0.300. The summed E-state index contributed by atoms with van der Waals surface area (Å²) in [5.74, 6) is -2.68. The lowest BCUT2D eigenvalue weighted by atomic mass is 9.95. The number of carboxylic acid groups (broad SMARTS) is 2. The number of rotatable bonds is 18. The molecule has 1 atom stereocenters. The van der Waals surface area contributed by atoms with E-state index in [-0.39, 0.29) is 12.5 Å². The molecule has 0 bridgehead atoms. The Morgan fingerprint density at radius 1 is 0.724 bits per heavy atom. The lowest BCUT2D eigenvalue weighted by molar-refractivity contribution is -0.144. The molecule has 16 heteroatoms. The zero-order chi connectivity index (χ0) is 55.5. The molecule has 0 fully saturated rings. The molecule has 7 aromatic rings. The second-order valence-corrected chi connectivity index (χ2v) is 18.9. The normalized spacial score (nSPS) is 12.7. The highest BCUT2D eigenvalue weighted by molar-refractivity contribution is 6.04. The van der Waals surface area contributed by atoms with E-state index in [4.69, 9.17) is 33.5 Å². The van der Waals surface area contributed by atoms with Gasteiger partial charge in [0, 0.05) is 80.0 Å². The fourth-order valence-electron chi connectivity index (χ4n) is 8.57. The molecule has 2 heterocycles. The Balaban J connectivity index is 0.000000215. The van der Waals surface area contributed by atoms with Gasteiger partial charge in [-0.3, -0.25) is 14.2 Å². The molecule has 2 aromatic heterocycles. The highest BCUT2D eigenvalue weighted by atomic mass is 19.2. The van der Waals surface area contributed by atoms with Gasteiger partial charge in [-0.25, -0.2) is 9.59 Å². The minimum atomic E-state index is -1.89. The first-order chi connectivity index (χ1) is 36.0. The van der Waals surface area contributed by atoms with Crippen molar-refractivity contribution in [3.8, 4) is 28.7 Å². The maximum Gasteiger partial charge on any atom is 0.344 e. The number of alkyl halides is 2. The summed E-state index contributed by atoms with van der Waals surface area (Å²) < 4.78 is 64.0. The molecule has 0 amide bonds. The van der Waals surface area contributed by atoms with E-state index >= 15 is 0 Å². The van der Waals surface area contributed by atoms with Gasteiger partial charge in [-0.1, -0.05) is 23.8 Å². The van der Waals surface area contributed by atoms with Crippen molar-refractivity contribution < 1.29 is 66.6 Å². The standard InChI is InChI=1S/C30H30FNO6.C22H26FNO4.C8H8O2/c1-18-24(16-21-8-6-7-9-27(21)37-19(2)29(34)35)25-17-23(38-30(3,4)31)14-15-26(25)32(18)28(33)20-10-12-22(36-5)13-11-20;1-14-18(11-15-6-5-7-16(10-15)27-13-21(25)26)19-12-17(28-22(2,3)23)8-9-20(19)24(14)4;1-10-8-4-2-7(6-9)3-5-8/h6-15,17,19H,16H2,1-5H3,(H,34,35);7-10,12H,5-6,11,13H2,1-4H3,(H,25,26);2-6H,1H3. The van der Waals surface area contributed by atoms with Crippen LogP contribution in [0.5, 0.6) is 28.7 Å². The molecular weight excluding hydrogens is 979 g/mol. The molecule has 1 aliphatic carbocycles. The topological polar surface area (TPSA) is 174 Å². The monoisotopic (exact) mass is 1040 g/mol. The van der Waals surface area contributed by atoms with Crippen LogP contribution in [0.1, 0.15) is 96.3 Å². The summed E-state index contributed by atoms with van der Waals surface area (Å²) in [5.41, 5.74) is 8.56. The van der Waals surface area contributed by atoms with Gasteiger partial charge in [0.05, 0.1) is 19.7 Å². The average Bonchev–Trinajstić information content (AvgIpc) is 3.81. The van der Waals surface area contributed by atoms with Crippen LogP contribution in [0.2, 0.25) is 0 Å². The van der Waals surface area contributed by atoms with E-state index in [0.29, 0.717) is 62.9 Å². The highest BCUT2D eigenvalue weighted by Gasteiger charge is 2.25. The van der Waals surface area contributed by atoms with Crippen molar-refractivity contribution in [2.45, 2.75) is 92.0 Å². The van der Waals surface area contributed by atoms with Gasteiger partial charge < -0.3 is 43.2 Å². The smallest absolute Gasteiger partial charge is 0.344 e. The first kappa shape index (κ1) is 56.9. The Morgan fingerprint density at radius 3 is 1.82 bits per heavy atom. The first-order valence-corrected chi connectivity index (χ1v) is 24.5. The van der Waals surface area contributed by atoms with Crippen LogP contribution in [0.25, 0.3) is 21.8 Å². The zero-order valence-corrected chi connectivity index (χ0v) is 44.4. The number of para-hydroxylation sites is 1. The molecule has 0 aliphatic heterocycles. The highest BCUT2D eigenvalue weighted by Crippen LogP contribution is 2.36. The predicted octanol–water partition coefficient (Wildman–Crippen LogP) is 12.5. The molecule has 0 spiro atoms. The molecule has 8 rings (SSSR count). The SMILES string of the molecule is COc1ccc(C(=O)n2c(C)c(Cc3ccccc3OC(C)C(=O)O)c3cc(OC(C)(C)F)ccc32)cc1.COc1ccc(C=O)cc1.Cc1c(CC2=CC(OCC(=O)O)=CCC2)c2cc(OC(C)(C)F)ccc2n1C. The number of nitrogens with zero attached hydrogens (tertiary/aromatic N) is 2. The van der Waals surface area contributed by atoms with Gasteiger partial charge in [-0.15, -0.1) is 0 Å². The number of allylic oxidation sites excluding steroid dienone is 3. The van der Waals surface area contributed by atoms with Crippen molar-refractivity contribution in [3.63, 3.8) is 0 Å². The van der Waals surface area contributed by atoms with Gasteiger partial charge in [-0.2, -0.15) is 8.78 Å². The number of halogens is 2. The first-order valence-electron chi connectivity index (χ1n) is 24.5. The third-order valence-corrected chi connectivity index (χ3v) is 12.3. The van der Waals surface area contributed by atoms with Gasteiger partial charge in [0.2, 0.25) is 11.7 Å². The Kier molecular flexibility index (Phi) is 18.5. The van der Waals surface area contributed by atoms with Crippen LogP contribution < -0.4 is 23.7 Å². The van der Waals surface area contributed by atoms with E-state index in [9.17, 15) is 33.1 Å². The maximum atomic E-state index is 14.3. The van der Waals surface area contributed by atoms with Crippen molar-refractivity contribution in [1.29, 1.82) is 0 Å². The van der Waals surface area contributed by atoms with Gasteiger partial charge in [0.1, 0.15) is 40.8 Å². The number of aromatic nitrogens is 2. The number of carbonyl (C=O) groups is 4. The van der Waals surface area contributed by atoms with Crippen LogP contribution >= 0.6 is 0 Å². The number of aliphatic carboxylic acids is 2. The van der Waals surface area contributed by atoms with Crippen LogP contribution in [0.4, 0.5) is 8.78 Å². The molecule has 0 saturated heterocycles. The summed E-state index contributed by atoms with van der Waals surface area (Å²) in [4.78, 5) is 46.0. The number of aryl methyl sites for hydroxylation is 1. The number of fused-ring (bicyclic) bond motifs is 2. The summed E-state index contributed by atoms with van der Waals surface area (Å²) >= 11 is 0. The summed E-state index contributed by atoms with van der Waals surface area (Å²) in [5, 5.41) is 19.9. The Morgan fingerprint density at radius 2 is 1.26 bits per heavy atom. The summed E-state index contributed by atoms with van der Waals surface area (Å²) in [7, 11) is 5.16. The third-order valence-electron chi connectivity index (χ3n) is 12.3. The van der Waals surface area contributed by atoms with Gasteiger partial charge >= 0.3 is 11.9 Å². The number of aldehydes is 1. The van der Waals surface area contributed by atoms with E-state index in [1.54, 1.807) is 104 Å². The Labute approximate surface area is 440 Å². The van der Waals surface area contributed by atoms with Crippen LogP contribution in [0, 0.1) is 13.8 Å². The number of carbonyl (C=O) groups excluding carboxylic acids is 2. The van der Waals surface area contributed by atoms with E-state index in [1.807, 2.05) is 50.4 Å². The Hall–Kier alpha value is -8.40. The molecule has 1 unspecified atom stereocenters. The predicted molar refractivity (Wildman–Crippen MR) is 287 cm³/mol. The molecule has 0 radical (unpaired) electrons. The average molecular weight is 1040 g/mol. The maximum absolute atomic E-state index is 14.3. The molecule has 1 aliphatic rings. The number of carboxylic acids is 2. The molecule has 5 aromatic carbocycles. The van der Waals surface area contributed by atoms with Crippen molar-refractivity contribution in [2.75, 3.05) is 20.8 Å². The van der Waals surface area contributed by atoms with Crippen molar-refractivity contribution >= 4 is 45.9 Å². The number of hydrogen-bond acceptors (Lipinski definition) is 10. The number of methoxy groups -OCH3 is 2. The number of ether oxygens (including phenoxy) is 6. The molecular formula is C60H64F2N2O12. The quantitative estimate of drug-likeness (QED) is 0.0780. The minimum absolute atomic E-state index is 0.232. The zero-order valence-electron chi connectivity index (χ0n) is 44.4. The molecule has 76 heavy (non-hydrogen) atoms. The van der Waals surface area contributed by atoms with Gasteiger partial charge in [-0.05, 0) is 160 Å². The Bertz CT molecular complexity index is 3270.